The summed E-state index contributed by atoms with van der Waals surface area (Å²) in [4.78, 5) is 13.8. The highest BCUT2D eigenvalue weighted by molar-refractivity contribution is 8.00. The second-order valence-electron chi connectivity index (χ2n) is 6.28. The van der Waals surface area contributed by atoms with E-state index < -0.39 is 0 Å². The van der Waals surface area contributed by atoms with Gasteiger partial charge < -0.3 is 5.32 Å². The third-order valence-electron chi connectivity index (χ3n) is 4.41. The van der Waals surface area contributed by atoms with Crippen molar-refractivity contribution in [3.05, 3.63) is 64.2 Å². The lowest BCUT2D eigenvalue weighted by atomic mass is 9.99. The van der Waals surface area contributed by atoms with Crippen LogP contribution in [0.4, 0.5) is 0 Å². The van der Waals surface area contributed by atoms with Gasteiger partial charge in [-0.1, -0.05) is 43.6 Å². The monoisotopic (exact) mass is 375 g/mol. The number of aryl methyl sites for hydroxylation is 2. The zero-order chi connectivity index (χ0) is 18.4. The summed E-state index contributed by atoms with van der Waals surface area (Å²) < 4.78 is 0. The van der Waals surface area contributed by atoms with Crippen molar-refractivity contribution < 1.29 is 4.79 Å². The van der Waals surface area contributed by atoms with Crippen LogP contribution in [0.25, 0.3) is 0 Å². The molecule has 2 aromatic rings. The molecule has 0 radical (unpaired) electrons. The van der Waals surface area contributed by atoms with Crippen molar-refractivity contribution in [1.82, 2.24) is 5.32 Å². The van der Waals surface area contributed by atoms with Crippen molar-refractivity contribution in [3.63, 3.8) is 0 Å². The Bertz CT molecular complexity index is 714. The van der Waals surface area contributed by atoms with Gasteiger partial charge in [-0.2, -0.15) is 0 Å². The number of carbonyl (C=O) groups excluding carboxylic acids is 1. The topological polar surface area (TPSA) is 29.1 Å². The number of amides is 1. The highest BCUT2D eigenvalue weighted by Gasteiger charge is 2.21. The molecule has 0 fully saturated rings. The molecule has 0 aliphatic carbocycles. The number of halogens is 1. The zero-order valence-electron chi connectivity index (χ0n) is 15.3. The average Bonchev–Trinajstić information content (AvgIpc) is 2.61. The largest absolute Gasteiger partial charge is 0.348 e. The van der Waals surface area contributed by atoms with E-state index in [1.807, 2.05) is 31.2 Å². The molecule has 2 aromatic carbocycles. The predicted octanol–water partition coefficient (Wildman–Crippen LogP) is 6.10. The molecule has 4 heteroatoms. The van der Waals surface area contributed by atoms with Gasteiger partial charge in [-0.05, 0) is 67.6 Å². The number of hydrogen-bond donors (Lipinski definition) is 1. The Labute approximate surface area is 160 Å². The summed E-state index contributed by atoms with van der Waals surface area (Å²) >= 11 is 7.52. The molecular formula is C21H26ClNOS. The average molecular weight is 376 g/mol. The van der Waals surface area contributed by atoms with Gasteiger partial charge in [-0.3, -0.25) is 4.79 Å². The number of carbonyl (C=O) groups is 1. The van der Waals surface area contributed by atoms with Crippen LogP contribution < -0.4 is 5.32 Å². The van der Waals surface area contributed by atoms with Crippen LogP contribution in [0.15, 0.2) is 47.4 Å². The summed E-state index contributed by atoms with van der Waals surface area (Å²) in [6.45, 7) is 8.37. The van der Waals surface area contributed by atoms with Crippen molar-refractivity contribution >= 4 is 29.3 Å². The van der Waals surface area contributed by atoms with E-state index in [1.165, 1.54) is 16.7 Å². The van der Waals surface area contributed by atoms with Crippen molar-refractivity contribution in [1.29, 1.82) is 0 Å². The van der Waals surface area contributed by atoms with Gasteiger partial charge in [0.15, 0.2) is 0 Å². The van der Waals surface area contributed by atoms with Crippen LogP contribution in [-0.2, 0) is 4.79 Å². The molecule has 0 aromatic heterocycles. The van der Waals surface area contributed by atoms with Crippen LogP contribution in [-0.4, -0.2) is 11.2 Å². The molecule has 25 heavy (non-hydrogen) atoms. The molecule has 0 aliphatic heterocycles. The molecule has 0 saturated heterocycles. The fraction of sp³-hybridized carbons (Fsp3) is 0.381. The Morgan fingerprint density at radius 3 is 2.28 bits per heavy atom. The van der Waals surface area contributed by atoms with E-state index >= 15 is 0 Å². The molecule has 2 nitrogen and oxygen atoms in total. The van der Waals surface area contributed by atoms with E-state index in [4.69, 9.17) is 11.6 Å². The SMILES string of the molecule is CC[C@H](Sc1ccc(Cl)cc1)C(=O)N[C@@H](CC)c1ccc(C)c(C)c1. The molecule has 2 rings (SSSR count). The number of hydrogen-bond acceptors (Lipinski definition) is 2. The summed E-state index contributed by atoms with van der Waals surface area (Å²) in [6, 6.07) is 14.1. The van der Waals surface area contributed by atoms with Crippen LogP contribution in [0, 0.1) is 13.8 Å². The fourth-order valence-electron chi connectivity index (χ4n) is 2.67. The van der Waals surface area contributed by atoms with Crippen LogP contribution in [0.1, 0.15) is 49.4 Å². The second kappa shape index (κ2) is 9.30. The first kappa shape index (κ1) is 19.9. The first-order valence-electron chi connectivity index (χ1n) is 8.74. The number of thioether (sulfide) groups is 1. The summed E-state index contributed by atoms with van der Waals surface area (Å²) in [7, 11) is 0. The molecule has 0 bridgehead atoms. The first-order chi connectivity index (χ1) is 11.9. The molecule has 0 spiro atoms. The van der Waals surface area contributed by atoms with Crippen molar-refractivity contribution in [3.8, 4) is 0 Å². The Balaban J connectivity index is 2.08. The lowest BCUT2D eigenvalue weighted by Gasteiger charge is -2.22. The standard InChI is InChI=1S/C21H26ClNOS/c1-5-19(16-8-7-14(3)15(4)13-16)23-21(24)20(6-2)25-18-11-9-17(22)10-12-18/h7-13,19-20H,5-6H2,1-4H3,(H,23,24)/t19-,20-/m0/s1. The van der Waals surface area contributed by atoms with Crippen molar-refractivity contribution in [2.75, 3.05) is 0 Å². The van der Waals surface area contributed by atoms with Gasteiger partial charge in [0.25, 0.3) is 0 Å². The minimum atomic E-state index is -0.109. The number of nitrogens with one attached hydrogen (secondary N) is 1. The number of rotatable bonds is 7. The molecule has 0 saturated carbocycles. The summed E-state index contributed by atoms with van der Waals surface area (Å²) in [5.41, 5.74) is 3.70. The van der Waals surface area contributed by atoms with Gasteiger partial charge in [0.2, 0.25) is 5.91 Å². The van der Waals surface area contributed by atoms with Crippen molar-refractivity contribution in [2.24, 2.45) is 0 Å². The normalized spacial score (nSPS) is 13.3. The molecule has 0 heterocycles. The van der Waals surface area contributed by atoms with Gasteiger partial charge in [0.05, 0.1) is 11.3 Å². The molecule has 2 atom stereocenters. The maximum absolute atomic E-state index is 12.8. The van der Waals surface area contributed by atoms with Gasteiger partial charge in [-0.25, -0.2) is 0 Å². The van der Waals surface area contributed by atoms with Crippen LogP contribution in [0.3, 0.4) is 0 Å². The van der Waals surface area contributed by atoms with Crippen LogP contribution in [0.5, 0.6) is 0 Å². The van der Waals surface area contributed by atoms with E-state index in [1.54, 1.807) is 11.8 Å². The Hall–Kier alpha value is -1.45. The van der Waals surface area contributed by atoms with E-state index in [0.29, 0.717) is 5.02 Å². The third-order valence-corrected chi connectivity index (χ3v) is 6.04. The van der Waals surface area contributed by atoms with Crippen LogP contribution >= 0.6 is 23.4 Å². The lowest BCUT2D eigenvalue weighted by Crippen LogP contribution is -2.35. The number of benzene rings is 2. The maximum atomic E-state index is 12.8. The smallest absolute Gasteiger partial charge is 0.233 e. The fourth-order valence-corrected chi connectivity index (χ4v) is 3.76. The van der Waals surface area contributed by atoms with Gasteiger partial charge in [0.1, 0.15) is 0 Å². The minimum absolute atomic E-state index is 0.0478. The van der Waals surface area contributed by atoms with Gasteiger partial charge in [-0.15, -0.1) is 11.8 Å². The molecule has 134 valence electrons. The molecule has 0 unspecified atom stereocenters. The molecule has 1 amide bonds. The molecule has 0 aliphatic rings. The zero-order valence-corrected chi connectivity index (χ0v) is 16.9. The van der Waals surface area contributed by atoms with Crippen molar-refractivity contribution in [2.45, 2.75) is 56.7 Å². The first-order valence-corrected chi connectivity index (χ1v) is 10.00. The summed E-state index contributed by atoms with van der Waals surface area (Å²) in [5, 5.41) is 3.83. The second-order valence-corrected chi connectivity index (χ2v) is 7.99. The lowest BCUT2D eigenvalue weighted by molar-refractivity contribution is -0.121. The van der Waals surface area contributed by atoms with Gasteiger partial charge >= 0.3 is 0 Å². The predicted molar refractivity (Wildman–Crippen MR) is 108 cm³/mol. The van der Waals surface area contributed by atoms with E-state index in [-0.39, 0.29) is 17.2 Å². The maximum Gasteiger partial charge on any atom is 0.233 e. The minimum Gasteiger partial charge on any atom is -0.348 e. The van der Waals surface area contributed by atoms with Gasteiger partial charge in [0, 0.05) is 9.92 Å². The third kappa shape index (κ3) is 5.52. The molecule has 1 N–H and O–H groups in total. The molecular weight excluding hydrogens is 350 g/mol. The quantitative estimate of drug-likeness (QED) is 0.593. The summed E-state index contributed by atoms with van der Waals surface area (Å²) in [6.07, 6.45) is 1.65. The van der Waals surface area contributed by atoms with E-state index in [0.717, 1.165) is 17.7 Å². The van der Waals surface area contributed by atoms with E-state index in [2.05, 4.69) is 44.3 Å². The Morgan fingerprint density at radius 1 is 1.04 bits per heavy atom. The summed E-state index contributed by atoms with van der Waals surface area (Å²) in [5.74, 6) is 0.0903. The Morgan fingerprint density at radius 2 is 1.72 bits per heavy atom. The van der Waals surface area contributed by atoms with Crippen LogP contribution in [0.2, 0.25) is 5.02 Å². The highest BCUT2D eigenvalue weighted by Crippen LogP contribution is 2.28. The Kier molecular flexibility index (Phi) is 7.39. The highest BCUT2D eigenvalue weighted by atomic mass is 35.5. The van der Waals surface area contributed by atoms with E-state index in [9.17, 15) is 4.79 Å².